The molecule has 3 aromatic carbocycles. The summed E-state index contributed by atoms with van der Waals surface area (Å²) in [7, 11) is 0. The fraction of sp³-hybridized carbons (Fsp3) is 0.333. The summed E-state index contributed by atoms with van der Waals surface area (Å²) in [5.74, 6) is -1.17. The second kappa shape index (κ2) is 12.8. The molecule has 232 valence electrons. The van der Waals surface area contributed by atoms with E-state index >= 15 is 0 Å². The molecule has 0 radical (unpaired) electrons. The van der Waals surface area contributed by atoms with E-state index in [-0.39, 0.29) is 37.4 Å². The average Bonchev–Trinajstić information content (AvgIpc) is 3.64. The molecular weight excluding hydrogens is 568 g/mol. The summed E-state index contributed by atoms with van der Waals surface area (Å²) in [6.45, 7) is 2.60. The van der Waals surface area contributed by atoms with Crippen LogP contribution in [0.2, 0.25) is 0 Å². The Balaban J connectivity index is 1.17. The second-order valence-corrected chi connectivity index (χ2v) is 11.9. The molecule has 9 heteroatoms. The van der Waals surface area contributed by atoms with Crippen molar-refractivity contribution in [2.24, 2.45) is 11.0 Å². The van der Waals surface area contributed by atoms with Crippen LogP contribution in [0.15, 0.2) is 96.1 Å². The van der Waals surface area contributed by atoms with E-state index in [2.05, 4.69) is 5.10 Å². The SMILES string of the molecule is C[C@H](/C=C/CC(=O)N1CCC[C@H]1CO)[C@@]1(O)C(=O)N(Cc2ccc(N3N=C(c4ccccc4)CCC3=O)cc2)c2ccccc21. The van der Waals surface area contributed by atoms with Gasteiger partial charge in [-0.1, -0.05) is 79.7 Å². The Labute approximate surface area is 263 Å². The molecule has 3 aliphatic rings. The largest absolute Gasteiger partial charge is 0.394 e. The van der Waals surface area contributed by atoms with Crippen molar-refractivity contribution in [1.29, 1.82) is 0 Å². The van der Waals surface area contributed by atoms with E-state index in [1.54, 1.807) is 41.0 Å². The zero-order valence-electron chi connectivity index (χ0n) is 25.4. The Morgan fingerprint density at radius 1 is 1.02 bits per heavy atom. The number of aliphatic hydroxyl groups excluding tert-OH is 1. The van der Waals surface area contributed by atoms with E-state index in [1.807, 2.05) is 66.7 Å². The highest BCUT2D eigenvalue weighted by Gasteiger charge is 2.52. The van der Waals surface area contributed by atoms with Crippen LogP contribution in [0.4, 0.5) is 11.4 Å². The first kappa shape index (κ1) is 30.4. The molecule has 2 N–H and O–H groups in total. The zero-order valence-corrected chi connectivity index (χ0v) is 25.4. The van der Waals surface area contributed by atoms with Crippen LogP contribution >= 0.6 is 0 Å². The fourth-order valence-corrected chi connectivity index (χ4v) is 6.56. The number of hydrazone groups is 1. The second-order valence-electron chi connectivity index (χ2n) is 11.9. The number of anilines is 2. The molecule has 0 saturated carbocycles. The molecule has 0 spiro atoms. The molecule has 1 fully saturated rings. The highest BCUT2D eigenvalue weighted by Crippen LogP contribution is 2.45. The van der Waals surface area contributed by atoms with Crippen molar-refractivity contribution in [3.63, 3.8) is 0 Å². The summed E-state index contributed by atoms with van der Waals surface area (Å²) < 4.78 is 0. The van der Waals surface area contributed by atoms with Crippen LogP contribution in [0.5, 0.6) is 0 Å². The number of aliphatic hydroxyl groups is 2. The van der Waals surface area contributed by atoms with Gasteiger partial charge in [0.2, 0.25) is 11.8 Å². The number of amides is 3. The highest BCUT2D eigenvalue weighted by molar-refractivity contribution is 6.09. The van der Waals surface area contributed by atoms with Gasteiger partial charge in [0, 0.05) is 37.3 Å². The number of fused-ring (bicyclic) bond motifs is 1. The number of carbonyl (C=O) groups excluding carboxylic acids is 3. The van der Waals surface area contributed by atoms with Crippen molar-refractivity contribution in [3.05, 3.63) is 108 Å². The molecule has 0 aromatic heterocycles. The van der Waals surface area contributed by atoms with E-state index in [0.29, 0.717) is 36.3 Å². The fourth-order valence-electron chi connectivity index (χ4n) is 6.56. The van der Waals surface area contributed by atoms with Gasteiger partial charge in [-0.25, -0.2) is 5.01 Å². The van der Waals surface area contributed by atoms with Gasteiger partial charge in [-0.05, 0) is 42.2 Å². The van der Waals surface area contributed by atoms with E-state index in [0.717, 1.165) is 29.7 Å². The molecule has 3 aliphatic heterocycles. The van der Waals surface area contributed by atoms with Gasteiger partial charge in [-0.15, -0.1) is 0 Å². The summed E-state index contributed by atoms with van der Waals surface area (Å²) in [5.41, 5.74) is 2.70. The minimum absolute atomic E-state index is 0.0467. The Bertz CT molecular complexity index is 1640. The molecule has 9 nitrogen and oxygen atoms in total. The smallest absolute Gasteiger partial charge is 0.264 e. The number of hydrogen-bond acceptors (Lipinski definition) is 6. The first-order chi connectivity index (χ1) is 21.8. The summed E-state index contributed by atoms with van der Waals surface area (Å²) in [6.07, 6.45) is 6.21. The van der Waals surface area contributed by atoms with Crippen LogP contribution < -0.4 is 9.91 Å². The number of nitrogens with zero attached hydrogens (tertiary/aromatic N) is 4. The lowest BCUT2D eigenvalue weighted by molar-refractivity contribution is -0.139. The third kappa shape index (κ3) is 5.81. The quantitative estimate of drug-likeness (QED) is 0.348. The lowest BCUT2D eigenvalue weighted by atomic mass is 9.83. The van der Waals surface area contributed by atoms with E-state index in [4.69, 9.17) is 0 Å². The first-order valence-electron chi connectivity index (χ1n) is 15.6. The van der Waals surface area contributed by atoms with Crippen LogP contribution in [-0.4, -0.2) is 57.7 Å². The van der Waals surface area contributed by atoms with Gasteiger partial charge < -0.3 is 20.0 Å². The topological polar surface area (TPSA) is 114 Å². The molecule has 6 rings (SSSR count). The van der Waals surface area contributed by atoms with Crippen molar-refractivity contribution in [2.45, 2.75) is 57.2 Å². The van der Waals surface area contributed by atoms with Crippen LogP contribution in [0, 0.1) is 5.92 Å². The Morgan fingerprint density at radius 2 is 1.76 bits per heavy atom. The Kier molecular flexibility index (Phi) is 8.65. The van der Waals surface area contributed by atoms with Gasteiger partial charge in [0.05, 0.1) is 36.3 Å². The summed E-state index contributed by atoms with van der Waals surface area (Å²) in [5, 5.41) is 27.6. The van der Waals surface area contributed by atoms with Crippen molar-refractivity contribution >= 4 is 34.8 Å². The number of benzene rings is 3. The maximum absolute atomic E-state index is 13.9. The van der Waals surface area contributed by atoms with Gasteiger partial charge >= 0.3 is 0 Å². The minimum Gasteiger partial charge on any atom is -0.394 e. The number of carbonyl (C=O) groups is 3. The van der Waals surface area contributed by atoms with Crippen molar-refractivity contribution in [3.8, 4) is 0 Å². The van der Waals surface area contributed by atoms with Crippen LogP contribution in [0.3, 0.4) is 0 Å². The van der Waals surface area contributed by atoms with Gasteiger partial charge in [-0.3, -0.25) is 14.4 Å². The Hall–Kier alpha value is -4.60. The maximum Gasteiger partial charge on any atom is 0.264 e. The normalized spacial score (nSPS) is 22.2. The first-order valence-corrected chi connectivity index (χ1v) is 15.6. The average molecular weight is 607 g/mol. The zero-order chi connectivity index (χ0) is 31.6. The molecule has 3 heterocycles. The molecule has 3 amide bonds. The number of para-hydroxylation sites is 1. The van der Waals surface area contributed by atoms with Crippen LogP contribution in [-0.2, 0) is 26.5 Å². The number of hydrogen-bond donors (Lipinski definition) is 2. The van der Waals surface area contributed by atoms with Gasteiger partial charge in [0.15, 0.2) is 5.60 Å². The van der Waals surface area contributed by atoms with Crippen LogP contribution in [0.25, 0.3) is 0 Å². The molecule has 0 aliphatic carbocycles. The summed E-state index contributed by atoms with van der Waals surface area (Å²) in [4.78, 5) is 42.7. The number of likely N-dealkylation sites (tertiary alicyclic amines) is 1. The molecule has 0 bridgehead atoms. The standard InChI is InChI=1S/C36H38N4O5/c1-25(9-7-15-33(42)38-22-8-12-29(38)24-41)36(45)30-13-5-6-14-32(30)39(35(36)44)23-26-16-18-28(19-17-26)40-34(43)21-20-31(37-40)27-10-3-2-4-11-27/h2-7,9-11,13-14,16-19,25,29,41,45H,8,12,15,20-24H2,1H3/b9-7+/t25-,29+,36+/m1/s1. The molecular formula is C36H38N4O5. The van der Waals surface area contributed by atoms with E-state index in [9.17, 15) is 24.6 Å². The number of rotatable bonds is 9. The monoisotopic (exact) mass is 606 g/mol. The van der Waals surface area contributed by atoms with Crippen molar-refractivity contribution in [2.75, 3.05) is 23.1 Å². The summed E-state index contributed by atoms with van der Waals surface area (Å²) in [6, 6.07) is 24.3. The predicted molar refractivity (Wildman–Crippen MR) is 172 cm³/mol. The van der Waals surface area contributed by atoms with E-state index in [1.165, 1.54) is 5.01 Å². The lowest BCUT2D eigenvalue weighted by Gasteiger charge is -2.28. The lowest BCUT2D eigenvalue weighted by Crippen LogP contribution is -2.44. The van der Waals surface area contributed by atoms with Gasteiger partial charge in [0.25, 0.3) is 5.91 Å². The van der Waals surface area contributed by atoms with Crippen LogP contribution in [0.1, 0.15) is 55.7 Å². The van der Waals surface area contributed by atoms with Gasteiger partial charge in [0.1, 0.15) is 0 Å². The van der Waals surface area contributed by atoms with Crippen molar-refractivity contribution < 1.29 is 24.6 Å². The molecule has 1 saturated heterocycles. The third-order valence-corrected chi connectivity index (χ3v) is 9.12. The van der Waals surface area contributed by atoms with E-state index < -0.39 is 17.4 Å². The highest BCUT2D eigenvalue weighted by atomic mass is 16.3. The van der Waals surface area contributed by atoms with Gasteiger partial charge in [-0.2, -0.15) is 5.10 Å². The maximum atomic E-state index is 13.9. The molecule has 45 heavy (non-hydrogen) atoms. The summed E-state index contributed by atoms with van der Waals surface area (Å²) >= 11 is 0. The Morgan fingerprint density at radius 3 is 2.51 bits per heavy atom. The predicted octanol–water partition coefficient (Wildman–Crippen LogP) is 4.52. The molecule has 3 atom stereocenters. The molecule has 0 unspecified atom stereocenters. The minimum atomic E-state index is -1.79. The van der Waals surface area contributed by atoms with Crippen molar-refractivity contribution in [1.82, 2.24) is 4.90 Å². The molecule has 3 aromatic rings. The third-order valence-electron chi connectivity index (χ3n) is 9.12.